The third-order valence-electron chi connectivity index (χ3n) is 4.81. The maximum absolute atomic E-state index is 4.49. The van der Waals surface area contributed by atoms with Crippen LogP contribution < -0.4 is 5.32 Å². The highest BCUT2D eigenvalue weighted by molar-refractivity contribution is 4.93. The molecule has 1 aliphatic rings. The van der Waals surface area contributed by atoms with Crippen LogP contribution in [0.25, 0.3) is 0 Å². The van der Waals surface area contributed by atoms with Gasteiger partial charge in [0.15, 0.2) is 0 Å². The van der Waals surface area contributed by atoms with Gasteiger partial charge in [-0.15, -0.1) is 0 Å². The van der Waals surface area contributed by atoms with Crippen molar-refractivity contribution in [3.8, 4) is 0 Å². The fraction of sp³-hybridized carbons (Fsp3) is 0.875. The van der Waals surface area contributed by atoms with E-state index in [0.29, 0.717) is 18.0 Å². The maximum atomic E-state index is 4.49. The minimum atomic E-state index is 0.601. The Morgan fingerprint density at radius 3 is 2.86 bits per heavy atom. The molecule has 0 aromatic carbocycles. The van der Waals surface area contributed by atoms with Crippen LogP contribution in [-0.2, 0) is 13.1 Å². The molecule has 1 aromatic heterocycles. The van der Waals surface area contributed by atoms with Gasteiger partial charge in [0, 0.05) is 31.7 Å². The first-order valence-corrected chi connectivity index (χ1v) is 8.53. The van der Waals surface area contributed by atoms with Gasteiger partial charge in [0.05, 0.1) is 6.54 Å². The molecule has 0 amide bonds. The Bertz CT molecular complexity index is 417. The van der Waals surface area contributed by atoms with Crippen LogP contribution in [0.2, 0.25) is 0 Å². The zero-order chi connectivity index (χ0) is 15.2. The summed E-state index contributed by atoms with van der Waals surface area (Å²) < 4.78 is 2.07. The Balaban J connectivity index is 2.09. The van der Waals surface area contributed by atoms with Crippen LogP contribution in [0.1, 0.15) is 52.8 Å². The number of aryl methyl sites for hydroxylation is 1. The monoisotopic (exact) mass is 293 g/mol. The molecule has 1 N–H and O–H groups in total. The van der Waals surface area contributed by atoms with Gasteiger partial charge in [-0.2, -0.15) is 5.10 Å². The molecular formula is C16H31N5. The summed E-state index contributed by atoms with van der Waals surface area (Å²) in [4.78, 5) is 7.11. The Morgan fingerprint density at radius 1 is 1.38 bits per heavy atom. The van der Waals surface area contributed by atoms with Crippen molar-refractivity contribution in [2.75, 3.05) is 13.1 Å². The first kappa shape index (κ1) is 16.4. The molecule has 1 aromatic rings. The van der Waals surface area contributed by atoms with Gasteiger partial charge in [0.25, 0.3) is 0 Å². The van der Waals surface area contributed by atoms with Crippen LogP contribution in [-0.4, -0.2) is 44.8 Å². The summed E-state index contributed by atoms with van der Waals surface area (Å²) in [5.74, 6) is 1.82. The Labute approximate surface area is 129 Å². The van der Waals surface area contributed by atoms with E-state index in [9.17, 15) is 0 Å². The van der Waals surface area contributed by atoms with Crippen LogP contribution >= 0.6 is 0 Å². The average molecular weight is 293 g/mol. The van der Waals surface area contributed by atoms with E-state index in [-0.39, 0.29) is 0 Å². The molecule has 2 heterocycles. The Kier molecular flexibility index (Phi) is 6.18. The van der Waals surface area contributed by atoms with E-state index in [1.165, 1.54) is 12.8 Å². The van der Waals surface area contributed by atoms with Crippen molar-refractivity contribution >= 4 is 0 Å². The summed E-state index contributed by atoms with van der Waals surface area (Å²) in [6, 6.07) is 1.21. The van der Waals surface area contributed by atoms with Crippen LogP contribution in [0.5, 0.6) is 0 Å². The summed E-state index contributed by atoms with van der Waals surface area (Å²) in [7, 11) is 0. The van der Waals surface area contributed by atoms with E-state index in [1.54, 1.807) is 6.33 Å². The van der Waals surface area contributed by atoms with E-state index in [4.69, 9.17) is 0 Å². The molecule has 120 valence electrons. The van der Waals surface area contributed by atoms with Gasteiger partial charge in [0.1, 0.15) is 12.2 Å². The molecule has 3 atom stereocenters. The fourth-order valence-electron chi connectivity index (χ4n) is 3.18. The second-order valence-electron chi connectivity index (χ2n) is 6.30. The number of nitrogens with one attached hydrogen (secondary N) is 1. The van der Waals surface area contributed by atoms with Crippen molar-refractivity contribution in [1.82, 2.24) is 25.0 Å². The number of hydrogen-bond donors (Lipinski definition) is 1. The zero-order valence-electron chi connectivity index (χ0n) is 14.0. The molecule has 3 unspecified atom stereocenters. The summed E-state index contributed by atoms with van der Waals surface area (Å²) >= 11 is 0. The minimum Gasteiger partial charge on any atom is -0.311 e. The molecule has 0 bridgehead atoms. The first-order valence-electron chi connectivity index (χ1n) is 8.53. The lowest BCUT2D eigenvalue weighted by Crippen LogP contribution is -2.58. The Morgan fingerprint density at radius 2 is 2.19 bits per heavy atom. The molecular weight excluding hydrogens is 262 g/mol. The predicted molar refractivity (Wildman–Crippen MR) is 86.0 cm³/mol. The average Bonchev–Trinajstić information content (AvgIpc) is 2.94. The lowest BCUT2D eigenvalue weighted by Gasteiger charge is -2.42. The molecule has 1 saturated heterocycles. The van der Waals surface area contributed by atoms with Crippen molar-refractivity contribution < 1.29 is 0 Å². The normalized spacial score (nSPS) is 25.1. The van der Waals surface area contributed by atoms with Crippen LogP contribution in [0.15, 0.2) is 6.33 Å². The van der Waals surface area contributed by atoms with Crippen LogP contribution in [0, 0.1) is 5.92 Å². The van der Waals surface area contributed by atoms with Crippen molar-refractivity contribution in [2.45, 2.75) is 72.1 Å². The van der Waals surface area contributed by atoms with E-state index in [0.717, 1.165) is 38.4 Å². The van der Waals surface area contributed by atoms with E-state index in [2.05, 4.69) is 52.7 Å². The fourth-order valence-corrected chi connectivity index (χ4v) is 3.18. The second-order valence-corrected chi connectivity index (χ2v) is 6.30. The van der Waals surface area contributed by atoms with E-state index in [1.807, 2.05) is 0 Å². The predicted octanol–water partition coefficient (Wildman–Crippen LogP) is 2.29. The van der Waals surface area contributed by atoms with Gasteiger partial charge in [-0.05, 0) is 18.8 Å². The molecule has 21 heavy (non-hydrogen) atoms. The molecule has 5 nitrogen and oxygen atoms in total. The number of hydrogen-bond acceptors (Lipinski definition) is 4. The van der Waals surface area contributed by atoms with Gasteiger partial charge in [-0.1, -0.05) is 34.1 Å². The third-order valence-corrected chi connectivity index (χ3v) is 4.81. The van der Waals surface area contributed by atoms with Gasteiger partial charge >= 0.3 is 0 Å². The molecule has 2 rings (SSSR count). The highest BCUT2D eigenvalue weighted by atomic mass is 15.4. The second kappa shape index (κ2) is 7.90. The minimum absolute atomic E-state index is 0.601. The van der Waals surface area contributed by atoms with Crippen molar-refractivity contribution in [3.05, 3.63) is 12.2 Å². The summed E-state index contributed by atoms with van der Waals surface area (Å²) in [5.41, 5.74) is 0. The molecule has 5 heteroatoms. The lowest BCUT2D eigenvalue weighted by atomic mass is 9.94. The number of piperazine rings is 1. The van der Waals surface area contributed by atoms with Crippen LogP contribution in [0.3, 0.4) is 0 Å². The van der Waals surface area contributed by atoms with Gasteiger partial charge in [-0.3, -0.25) is 4.90 Å². The molecule has 0 aliphatic carbocycles. The highest BCUT2D eigenvalue weighted by Gasteiger charge is 2.30. The van der Waals surface area contributed by atoms with Crippen molar-refractivity contribution in [3.63, 3.8) is 0 Å². The van der Waals surface area contributed by atoms with E-state index < -0.39 is 0 Å². The summed E-state index contributed by atoms with van der Waals surface area (Å²) in [6.07, 6.45) is 5.21. The Hall–Kier alpha value is -0.940. The van der Waals surface area contributed by atoms with Gasteiger partial charge < -0.3 is 5.32 Å². The quantitative estimate of drug-likeness (QED) is 0.838. The maximum Gasteiger partial charge on any atom is 0.141 e. The summed E-state index contributed by atoms with van der Waals surface area (Å²) in [6.45, 7) is 13.2. The molecule has 0 radical (unpaired) electrons. The molecule has 1 aliphatic heterocycles. The first-order chi connectivity index (χ1) is 10.2. The SMILES string of the molecule is CCCn1ncnc1CN1CC(CC)NCC1C(C)CC. The topological polar surface area (TPSA) is 46.0 Å². The van der Waals surface area contributed by atoms with Crippen molar-refractivity contribution in [1.29, 1.82) is 0 Å². The number of rotatable bonds is 7. The van der Waals surface area contributed by atoms with Gasteiger partial charge in [0.2, 0.25) is 0 Å². The largest absolute Gasteiger partial charge is 0.311 e. The lowest BCUT2D eigenvalue weighted by molar-refractivity contribution is 0.0793. The number of aromatic nitrogens is 3. The smallest absolute Gasteiger partial charge is 0.141 e. The van der Waals surface area contributed by atoms with E-state index >= 15 is 0 Å². The summed E-state index contributed by atoms with van der Waals surface area (Å²) in [5, 5.41) is 8.06. The van der Waals surface area contributed by atoms with Crippen LogP contribution in [0.4, 0.5) is 0 Å². The molecule has 1 fully saturated rings. The standard InChI is InChI=1S/C16H31N5/c1-5-8-21-16(18-12-19-21)11-20-10-14(7-3)17-9-15(20)13(4)6-2/h12-15,17H,5-11H2,1-4H3. The molecule has 0 saturated carbocycles. The molecule has 0 spiro atoms. The van der Waals surface area contributed by atoms with Crippen molar-refractivity contribution in [2.24, 2.45) is 5.92 Å². The van der Waals surface area contributed by atoms with Gasteiger partial charge in [-0.25, -0.2) is 9.67 Å². The zero-order valence-corrected chi connectivity index (χ0v) is 14.0. The number of nitrogens with zero attached hydrogens (tertiary/aromatic N) is 4. The highest BCUT2D eigenvalue weighted by Crippen LogP contribution is 2.21. The third kappa shape index (κ3) is 4.04.